The first-order valence-corrected chi connectivity index (χ1v) is 13.7. The number of carbonyl (C=O) groups is 3. The Kier molecular flexibility index (Phi) is 6.63. The van der Waals surface area contributed by atoms with Crippen LogP contribution in [0.5, 0.6) is 0 Å². The SMILES string of the molecule is CCC(C)(CC(C)(C)C(=O)OC1(C)CCOC(=O)C1)C(=O)OC(C)(C)C12CC3CC(CC(C3)C1)C2. The molecule has 2 unspecified atom stereocenters. The van der Waals surface area contributed by atoms with Gasteiger partial charge in [-0.2, -0.15) is 0 Å². The summed E-state index contributed by atoms with van der Waals surface area (Å²) in [5, 5.41) is 0. The molecule has 6 nitrogen and oxygen atoms in total. The second-order valence-corrected chi connectivity index (χ2v) is 14.1. The van der Waals surface area contributed by atoms with Crippen LogP contribution >= 0.6 is 0 Å². The van der Waals surface area contributed by atoms with E-state index in [0.29, 0.717) is 19.3 Å². The molecule has 0 aromatic carbocycles. The van der Waals surface area contributed by atoms with Crippen LogP contribution in [0.4, 0.5) is 0 Å². The van der Waals surface area contributed by atoms with Gasteiger partial charge in [-0.1, -0.05) is 6.92 Å². The maximum absolute atomic E-state index is 13.8. The lowest BCUT2D eigenvalue weighted by atomic mass is 9.46. The van der Waals surface area contributed by atoms with E-state index in [1.165, 1.54) is 38.5 Å². The second-order valence-electron chi connectivity index (χ2n) is 14.1. The predicted octanol–water partition coefficient (Wildman–Crippen LogP) is 6.00. The Bertz CT molecular complexity index is 837. The molecule has 0 radical (unpaired) electrons. The molecule has 5 aliphatic rings. The molecule has 0 aromatic heterocycles. The zero-order valence-electron chi connectivity index (χ0n) is 23.0. The fourth-order valence-corrected chi connectivity index (χ4v) is 7.97. The van der Waals surface area contributed by atoms with Crippen molar-refractivity contribution < 1.29 is 28.6 Å². The van der Waals surface area contributed by atoms with Gasteiger partial charge in [0.05, 0.1) is 23.9 Å². The monoisotopic (exact) mass is 490 g/mol. The number of rotatable bonds is 8. The molecule has 0 amide bonds. The molecule has 198 valence electrons. The highest BCUT2D eigenvalue weighted by molar-refractivity contribution is 5.81. The zero-order chi connectivity index (χ0) is 25.9. The van der Waals surface area contributed by atoms with Crippen LogP contribution in [0, 0.1) is 34.0 Å². The molecule has 6 heteroatoms. The van der Waals surface area contributed by atoms with Crippen molar-refractivity contribution in [3.05, 3.63) is 0 Å². The molecule has 4 aliphatic carbocycles. The average molecular weight is 491 g/mol. The Morgan fingerprint density at radius 2 is 1.51 bits per heavy atom. The van der Waals surface area contributed by atoms with Crippen LogP contribution in [0.3, 0.4) is 0 Å². The molecular formula is C29H46O6. The topological polar surface area (TPSA) is 78.9 Å². The number of hydrogen-bond donors (Lipinski definition) is 0. The van der Waals surface area contributed by atoms with E-state index in [-0.39, 0.29) is 36.4 Å². The molecule has 1 aliphatic heterocycles. The standard InChI is InChI=1S/C29H46O6/c1-8-27(6,18-25(2,3)23(31)35-28(7)9-10-33-22(30)17-28)24(32)34-26(4,5)29-14-19-11-20(15-29)13-21(12-19)16-29/h19-21H,8-18H2,1-7H3. The molecular weight excluding hydrogens is 444 g/mol. The number of hydrogen-bond acceptors (Lipinski definition) is 6. The van der Waals surface area contributed by atoms with E-state index in [1.54, 1.807) is 6.92 Å². The van der Waals surface area contributed by atoms with E-state index in [2.05, 4.69) is 13.8 Å². The Balaban J connectivity index is 1.45. The van der Waals surface area contributed by atoms with Gasteiger partial charge in [0.25, 0.3) is 0 Å². The smallest absolute Gasteiger partial charge is 0.312 e. The minimum atomic E-state index is -0.904. The minimum absolute atomic E-state index is 0.0567. The molecule has 1 heterocycles. The minimum Gasteiger partial charge on any atom is -0.465 e. The normalized spacial score (nSPS) is 36.3. The third-order valence-electron chi connectivity index (χ3n) is 10.1. The molecule has 2 atom stereocenters. The molecule has 4 saturated carbocycles. The van der Waals surface area contributed by atoms with Gasteiger partial charge in [0.2, 0.25) is 0 Å². The summed E-state index contributed by atoms with van der Waals surface area (Å²) in [6.07, 6.45) is 8.99. The van der Waals surface area contributed by atoms with E-state index < -0.39 is 22.0 Å². The summed E-state index contributed by atoms with van der Waals surface area (Å²) in [7, 11) is 0. The van der Waals surface area contributed by atoms with Gasteiger partial charge in [-0.05, 0) is 111 Å². The van der Waals surface area contributed by atoms with E-state index in [9.17, 15) is 14.4 Å². The molecule has 35 heavy (non-hydrogen) atoms. The summed E-state index contributed by atoms with van der Waals surface area (Å²) in [5.74, 6) is 1.40. The highest BCUT2D eigenvalue weighted by atomic mass is 16.6. The number of ether oxygens (including phenoxy) is 3. The molecule has 0 aromatic rings. The number of carbonyl (C=O) groups excluding carboxylic acids is 3. The van der Waals surface area contributed by atoms with Crippen LogP contribution in [0.1, 0.15) is 113 Å². The van der Waals surface area contributed by atoms with Crippen molar-refractivity contribution in [2.45, 2.75) is 124 Å². The molecule has 4 bridgehead atoms. The Labute approximate surface area is 211 Å². The summed E-state index contributed by atoms with van der Waals surface area (Å²) in [4.78, 5) is 38.8. The van der Waals surface area contributed by atoms with Gasteiger partial charge in [-0.3, -0.25) is 14.4 Å². The van der Waals surface area contributed by atoms with E-state index in [1.807, 2.05) is 27.7 Å². The van der Waals surface area contributed by atoms with Crippen molar-refractivity contribution >= 4 is 17.9 Å². The zero-order valence-corrected chi connectivity index (χ0v) is 23.0. The molecule has 0 spiro atoms. The van der Waals surface area contributed by atoms with Gasteiger partial charge in [0, 0.05) is 11.8 Å². The maximum atomic E-state index is 13.8. The van der Waals surface area contributed by atoms with Crippen molar-refractivity contribution in [3.8, 4) is 0 Å². The van der Waals surface area contributed by atoms with Crippen LogP contribution in [0.2, 0.25) is 0 Å². The molecule has 0 N–H and O–H groups in total. The third kappa shape index (κ3) is 5.00. The van der Waals surface area contributed by atoms with Crippen molar-refractivity contribution in [1.82, 2.24) is 0 Å². The lowest BCUT2D eigenvalue weighted by Crippen LogP contribution is -2.58. The van der Waals surface area contributed by atoms with Gasteiger partial charge in [0.1, 0.15) is 11.2 Å². The summed E-state index contributed by atoms with van der Waals surface area (Å²) in [5.41, 5.74) is -3.04. The highest BCUT2D eigenvalue weighted by Crippen LogP contribution is 2.64. The van der Waals surface area contributed by atoms with E-state index in [0.717, 1.165) is 17.8 Å². The van der Waals surface area contributed by atoms with Gasteiger partial charge < -0.3 is 14.2 Å². The van der Waals surface area contributed by atoms with Crippen LogP contribution in [-0.2, 0) is 28.6 Å². The average Bonchev–Trinajstić information content (AvgIpc) is 2.71. The van der Waals surface area contributed by atoms with Crippen molar-refractivity contribution in [2.24, 2.45) is 34.0 Å². The highest BCUT2D eigenvalue weighted by Gasteiger charge is 2.59. The summed E-state index contributed by atoms with van der Waals surface area (Å²) in [6, 6.07) is 0. The lowest BCUT2D eigenvalue weighted by molar-refractivity contribution is -0.209. The van der Waals surface area contributed by atoms with Crippen LogP contribution < -0.4 is 0 Å². The fourth-order valence-electron chi connectivity index (χ4n) is 7.97. The van der Waals surface area contributed by atoms with Crippen molar-refractivity contribution in [2.75, 3.05) is 6.61 Å². The second kappa shape index (κ2) is 8.76. The van der Waals surface area contributed by atoms with Crippen molar-refractivity contribution in [3.63, 3.8) is 0 Å². The van der Waals surface area contributed by atoms with Crippen LogP contribution in [0.15, 0.2) is 0 Å². The predicted molar refractivity (Wildman–Crippen MR) is 132 cm³/mol. The Hall–Kier alpha value is -1.59. The van der Waals surface area contributed by atoms with E-state index >= 15 is 0 Å². The molecule has 5 rings (SSSR count). The quantitative estimate of drug-likeness (QED) is 0.307. The first-order chi connectivity index (χ1) is 16.1. The van der Waals surface area contributed by atoms with Gasteiger partial charge in [-0.25, -0.2) is 0 Å². The Morgan fingerprint density at radius 3 is 2.00 bits per heavy atom. The lowest BCUT2D eigenvalue weighted by Gasteiger charge is -2.61. The van der Waals surface area contributed by atoms with Gasteiger partial charge in [0.15, 0.2) is 0 Å². The first-order valence-electron chi connectivity index (χ1n) is 13.7. The summed E-state index contributed by atoms with van der Waals surface area (Å²) in [6.45, 7) is 13.8. The van der Waals surface area contributed by atoms with Gasteiger partial charge >= 0.3 is 17.9 Å². The third-order valence-corrected chi connectivity index (χ3v) is 10.1. The van der Waals surface area contributed by atoms with Crippen LogP contribution in [0.25, 0.3) is 0 Å². The first kappa shape index (κ1) is 26.5. The van der Waals surface area contributed by atoms with Crippen molar-refractivity contribution in [1.29, 1.82) is 0 Å². The molecule has 1 saturated heterocycles. The summed E-state index contributed by atoms with van der Waals surface area (Å²) < 4.78 is 17.3. The summed E-state index contributed by atoms with van der Waals surface area (Å²) >= 11 is 0. The van der Waals surface area contributed by atoms with Crippen LogP contribution in [-0.4, -0.2) is 35.7 Å². The molecule has 5 fully saturated rings. The largest absolute Gasteiger partial charge is 0.465 e. The fraction of sp³-hybridized carbons (Fsp3) is 0.897. The number of esters is 3. The number of cyclic esters (lactones) is 1. The van der Waals surface area contributed by atoms with E-state index in [4.69, 9.17) is 14.2 Å². The van der Waals surface area contributed by atoms with Gasteiger partial charge in [-0.15, -0.1) is 0 Å². The Morgan fingerprint density at radius 1 is 0.971 bits per heavy atom. The maximum Gasteiger partial charge on any atom is 0.312 e.